The molecular weight excluding hydrogens is 967 g/mol. The van der Waals surface area contributed by atoms with E-state index in [0.29, 0.717) is 76.9 Å². The van der Waals surface area contributed by atoms with Crippen molar-refractivity contribution in [3.63, 3.8) is 0 Å². The number of rotatable bonds is 28. The van der Waals surface area contributed by atoms with Crippen LogP contribution >= 0.6 is 0 Å². The molecule has 14 atom stereocenters. The Morgan fingerprint density at radius 2 is 1.15 bits per heavy atom. The maximum absolute atomic E-state index is 13.2. The van der Waals surface area contributed by atoms with Crippen molar-refractivity contribution in [3.05, 3.63) is 83.1 Å². The Bertz CT molecular complexity index is 2190. The van der Waals surface area contributed by atoms with Crippen LogP contribution in [0.25, 0.3) is 0 Å². The summed E-state index contributed by atoms with van der Waals surface area (Å²) in [6.07, 6.45) is 49.6. The summed E-state index contributed by atoms with van der Waals surface area (Å²) < 4.78 is 12.4. The van der Waals surface area contributed by atoms with Crippen LogP contribution in [-0.2, 0) is 19.1 Å². The smallest absolute Gasteiger partial charge is 0.306 e. The lowest BCUT2D eigenvalue weighted by Gasteiger charge is -2.55. The zero-order chi connectivity index (χ0) is 56.9. The number of ether oxygens (including phenoxy) is 2. The first-order chi connectivity index (χ1) is 37.8. The summed E-state index contributed by atoms with van der Waals surface area (Å²) in [7, 11) is 0. The van der Waals surface area contributed by atoms with E-state index < -0.39 is 0 Å². The van der Waals surface area contributed by atoms with E-state index in [-0.39, 0.29) is 29.6 Å². The molecule has 0 bridgehead atoms. The van der Waals surface area contributed by atoms with Gasteiger partial charge in [0.15, 0.2) is 0 Å². The predicted octanol–water partition coefficient (Wildman–Crippen LogP) is 20.1. The van der Waals surface area contributed by atoms with E-state index in [4.69, 9.17) is 9.47 Å². The Balaban J connectivity index is 0.753. The molecular formula is C74H119NO4. The summed E-state index contributed by atoms with van der Waals surface area (Å²) in [6.45, 7) is 37.0. The first-order valence-electron chi connectivity index (χ1n) is 33.7. The quantitative estimate of drug-likeness (QED) is 0.0444. The lowest BCUT2D eigenvalue weighted by Crippen LogP contribution is -2.46. The fraction of sp³-hybridized carbons (Fsp3) is 0.784. The third-order valence-corrected chi connectivity index (χ3v) is 23.2. The maximum Gasteiger partial charge on any atom is 0.306 e. The summed E-state index contributed by atoms with van der Waals surface area (Å²) in [4.78, 5) is 29.0. The van der Waals surface area contributed by atoms with Gasteiger partial charge in [0.2, 0.25) is 0 Å². The minimum atomic E-state index is -0.0349. The second kappa shape index (κ2) is 29.6. The number of hydrogen-bond acceptors (Lipinski definition) is 5. The lowest BCUT2D eigenvalue weighted by atomic mass is 9.50. The highest BCUT2D eigenvalue weighted by atomic mass is 16.5. The number of carbonyl (C=O) groups excluding carboxylic acids is 2. The van der Waals surface area contributed by atoms with Crippen LogP contribution in [0.3, 0.4) is 0 Å². The number of fused-ring (bicyclic) bond motifs is 6. The molecule has 79 heavy (non-hydrogen) atoms. The molecule has 0 radical (unpaired) electrons. The molecule has 0 heterocycles. The summed E-state index contributed by atoms with van der Waals surface area (Å²) in [5.74, 6) is 7.43. The molecule has 0 aromatic heterocycles. The Hall–Kier alpha value is -2.92. The minimum Gasteiger partial charge on any atom is -0.462 e. The van der Waals surface area contributed by atoms with Crippen molar-refractivity contribution >= 4 is 11.9 Å². The first-order valence-corrected chi connectivity index (χ1v) is 33.7. The standard InChI is InChI=1S/C74H119NO4/c1-14-15-47-75(48-22-18-16-20-26-70(76)78-62-36-32-56(8)60(50-62)34-33-59-25-24-44-73(12)65(38-40-67(59)73)57(9)30-28-54(6)52(2)3)49-23-19-17-21-27-71(77)79-63-42-45-72(11)61(51-63)35-37-64-68-41-39-66(74(68,13)46-43-69(64)72)58(10)31-29-55(7)53(4)5/h28-31,33-35,37,52-55,57-58,62-63,65-69H,8,14-27,32,36,38-51H2,1-7,9-13H3/b30-28+,31-29+,59-33+,60-34-. The van der Waals surface area contributed by atoms with Crippen molar-refractivity contribution in [1.82, 2.24) is 4.90 Å². The van der Waals surface area contributed by atoms with Gasteiger partial charge in [0.1, 0.15) is 12.2 Å². The average molecular weight is 1090 g/mol. The van der Waals surface area contributed by atoms with E-state index in [1.807, 2.05) is 0 Å². The molecule has 0 aromatic carbocycles. The van der Waals surface area contributed by atoms with Crippen LogP contribution in [0.15, 0.2) is 83.1 Å². The van der Waals surface area contributed by atoms with Gasteiger partial charge in [0.25, 0.3) is 0 Å². The summed E-state index contributed by atoms with van der Waals surface area (Å²) >= 11 is 0. The number of hydrogen-bond donors (Lipinski definition) is 0. The van der Waals surface area contributed by atoms with E-state index >= 15 is 0 Å². The van der Waals surface area contributed by atoms with Gasteiger partial charge in [0, 0.05) is 25.7 Å². The van der Waals surface area contributed by atoms with Crippen molar-refractivity contribution in [2.45, 2.75) is 269 Å². The van der Waals surface area contributed by atoms with Gasteiger partial charge in [-0.2, -0.15) is 0 Å². The van der Waals surface area contributed by atoms with Crippen LogP contribution in [0.5, 0.6) is 0 Å². The zero-order valence-corrected chi connectivity index (χ0v) is 53.1. The molecule has 0 aromatic rings. The number of esters is 2. The summed E-state index contributed by atoms with van der Waals surface area (Å²) in [6, 6.07) is 0. The highest BCUT2D eigenvalue weighted by Crippen LogP contribution is 2.66. The van der Waals surface area contributed by atoms with Gasteiger partial charge in [-0.25, -0.2) is 0 Å². The molecule has 0 aliphatic heterocycles. The van der Waals surface area contributed by atoms with Gasteiger partial charge in [-0.15, -0.1) is 0 Å². The second-order valence-electron chi connectivity index (χ2n) is 29.2. The van der Waals surface area contributed by atoms with Crippen LogP contribution < -0.4 is 0 Å². The minimum absolute atomic E-state index is 0.00953. The van der Waals surface area contributed by atoms with Crippen molar-refractivity contribution in [2.24, 2.45) is 81.3 Å². The van der Waals surface area contributed by atoms with Gasteiger partial charge >= 0.3 is 11.9 Å². The van der Waals surface area contributed by atoms with Gasteiger partial charge in [0.05, 0.1) is 0 Å². The molecule has 6 fully saturated rings. The van der Waals surface area contributed by atoms with E-state index in [1.54, 1.807) is 11.1 Å². The number of carbonyl (C=O) groups is 2. The van der Waals surface area contributed by atoms with E-state index in [1.165, 1.54) is 100 Å². The topological polar surface area (TPSA) is 55.8 Å². The molecule has 0 amide bonds. The number of allylic oxidation sites excluding steroid dienone is 11. The van der Waals surface area contributed by atoms with Crippen molar-refractivity contribution in [2.75, 3.05) is 19.6 Å². The SMILES string of the molecule is C=C1CCC(OC(=O)CCCCCCN(CCCC)CCCCCCC(=O)OC2CCC3(C)C(=CC=C4C3CCC3(C)C4CCC3C(C)/C=C/C(C)C(C)C)C2)C/C1=C/C=C1\CCCC2(C)C1CCC2C(C)/C=C/C(C)C(C)C. The maximum atomic E-state index is 13.2. The Labute approximate surface area is 486 Å². The van der Waals surface area contributed by atoms with E-state index in [9.17, 15) is 9.59 Å². The third-order valence-electron chi connectivity index (χ3n) is 23.2. The lowest BCUT2D eigenvalue weighted by molar-refractivity contribution is -0.151. The molecule has 7 aliphatic rings. The fourth-order valence-corrected chi connectivity index (χ4v) is 17.1. The molecule has 0 saturated heterocycles. The Morgan fingerprint density at radius 3 is 1.75 bits per heavy atom. The van der Waals surface area contributed by atoms with Crippen LogP contribution in [0.4, 0.5) is 0 Å². The van der Waals surface area contributed by atoms with Crippen LogP contribution in [0, 0.1) is 81.3 Å². The molecule has 14 unspecified atom stereocenters. The van der Waals surface area contributed by atoms with Gasteiger partial charge in [-0.05, 0) is 222 Å². The van der Waals surface area contributed by atoms with Gasteiger partial charge < -0.3 is 14.4 Å². The fourth-order valence-electron chi connectivity index (χ4n) is 17.1. The highest BCUT2D eigenvalue weighted by Gasteiger charge is 2.57. The third kappa shape index (κ3) is 16.3. The predicted molar refractivity (Wildman–Crippen MR) is 334 cm³/mol. The van der Waals surface area contributed by atoms with Crippen LogP contribution in [-0.4, -0.2) is 48.7 Å². The largest absolute Gasteiger partial charge is 0.462 e. The van der Waals surface area contributed by atoms with E-state index in [0.717, 1.165) is 109 Å². The van der Waals surface area contributed by atoms with Crippen molar-refractivity contribution in [3.8, 4) is 0 Å². The van der Waals surface area contributed by atoms with E-state index in [2.05, 4.69) is 143 Å². The molecule has 5 heteroatoms. The van der Waals surface area contributed by atoms with Gasteiger partial charge in [-0.1, -0.05) is 193 Å². The molecule has 7 aliphatic carbocycles. The normalized spacial score (nSPS) is 33.5. The van der Waals surface area contributed by atoms with Crippen LogP contribution in [0.2, 0.25) is 0 Å². The molecule has 7 rings (SSSR count). The molecule has 5 nitrogen and oxygen atoms in total. The first kappa shape index (κ1) is 63.7. The summed E-state index contributed by atoms with van der Waals surface area (Å²) in [5, 5.41) is 0. The number of unbranched alkanes of at least 4 members (excludes halogenated alkanes) is 7. The molecule has 444 valence electrons. The number of nitrogens with zero attached hydrogens (tertiary/aromatic N) is 1. The van der Waals surface area contributed by atoms with Crippen molar-refractivity contribution < 1.29 is 19.1 Å². The Morgan fingerprint density at radius 1 is 0.595 bits per heavy atom. The molecule has 0 N–H and O–H groups in total. The zero-order valence-electron chi connectivity index (χ0n) is 53.1. The molecule has 0 spiro atoms. The summed E-state index contributed by atoms with van der Waals surface area (Å²) in [5.41, 5.74) is 8.43. The monoisotopic (exact) mass is 1090 g/mol. The average Bonchev–Trinajstić information content (AvgIpc) is 4.24. The van der Waals surface area contributed by atoms with Gasteiger partial charge in [-0.3, -0.25) is 9.59 Å². The highest BCUT2D eigenvalue weighted by molar-refractivity contribution is 5.70. The Kier molecular flexibility index (Phi) is 23.8. The second-order valence-corrected chi connectivity index (χ2v) is 29.2. The van der Waals surface area contributed by atoms with Crippen molar-refractivity contribution in [1.29, 1.82) is 0 Å². The molecule has 6 saturated carbocycles. The van der Waals surface area contributed by atoms with Crippen LogP contribution in [0.1, 0.15) is 256 Å².